The molecule has 1 N–H and O–H groups in total. The van der Waals surface area contributed by atoms with E-state index in [1.54, 1.807) is 18.2 Å². The van der Waals surface area contributed by atoms with Gasteiger partial charge in [-0.3, -0.25) is 4.79 Å². The van der Waals surface area contributed by atoms with Crippen molar-refractivity contribution in [1.82, 2.24) is 9.78 Å². The van der Waals surface area contributed by atoms with Crippen LogP contribution in [0.1, 0.15) is 16.7 Å². The maximum atomic E-state index is 13.1. The predicted molar refractivity (Wildman–Crippen MR) is 94.6 cm³/mol. The molecule has 0 unspecified atom stereocenters. The van der Waals surface area contributed by atoms with Crippen LogP contribution >= 0.6 is 0 Å². The summed E-state index contributed by atoms with van der Waals surface area (Å²) in [7, 11) is 0. The third-order valence-corrected chi connectivity index (χ3v) is 4.45. The normalized spacial score (nSPS) is 12.7. The van der Waals surface area contributed by atoms with Crippen molar-refractivity contribution in [3.8, 4) is 17.0 Å². The van der Waals surface area contributed by atoms with E-state index in [4.69, 9.17) is 4.74 Å². The highest BCUT2D eigenvalue weighted by atomic mass is 19.1. The lowest BCUT2D eigenvalue weighted by Gasteiger charge is -2.11. The van der Waals surface area contributed by atoms with E-state index in [0.717, 1.165) is 28.9 Å². The second-order valence-corrected chi connectivity index (χ2v) is 6.22. The number of nitrogens with zero attached hydrogens (tertiary/aromatic N) is 2. The second-order valence-electron chi connectivity index (χ2n) is 6.22. The number of aliphatic hydroxyl groups is 1. The van der Waals surface area contributed by atoms with Crippen LogP contribution in [-0.4, -0.2) is 21.5 Å². The smallest absolute Gasteiger partial charge is 0.272 e. The average Bonchev–Trinajstić information content (AvgIpc) is 3.13. The summed E-state index contributed by atoms with van der Waals surface area (Å²) in [5.41, 5.74) is 3.23. The third-order valence-electron chi connectivity index (χ3n) is 4.45. The van der Waals surface area contributed by atoms with Gasteiger partial charge in [-0.15, -0.1) is 0 Å². The minimum absolute atomic E-state index is 0.202. The van der Waals surface area contributed by atoms with Crippen LogP contribution in [0.3, 0.4) is 0 Å². The Labute approximate surface area is 149 Å². The summed E-state index contributed by atoms with van der Waals surface area (Å²) in [4.78, 5) is 12.5. The Morgan fingerprint density at radius 3 is 2.73 bits per heavy atom. The molecular weight excluding hydrogens is 335 g/mol. The van der Waals surface area contributed by atoms with E-state index in [-0.39, 0.29) is 30.1 Å². The lowest BCUT2D eigenvalue weighted by Crippen LogP contribution is -2.27. The van der Waals surface area contributed by atoms with Crippen LogP contribution in [0.2, 0.25) is 0 Å². The van der Waals surface area contributed by atoms with E-state index >= 15 is 0 Å². The van der Waals surface area contributed by atoms with Gasteiger partial charge in [0.15, 0.2) is 0 Å². The number of ether oxygens (including phenoxy) is 1. The topological polar surface area (TPSA) is 64.3 Å². The zero-order valence-electron chi connectivity index (χ0n) is 14.0. The first-order valence-electron chi connectivity index (χ1n) is 8.36. The van der Waals surface area contributed by atoms with Gasteiger partial charge < -0.3 is 9.84 Å². The molecule has 2 heterocycles. The fraction of sp³-hybridized carbons (Fsp3) is 0.200. The molecule has 5 nitrogen and oxygen atoms in total. The van der Waals surface area contributed by atoms with Crippen LogP contribution < -0.4 is 10.3 Å². The van der Waals surface area contributed by atoms with Crippen molar-refractivity contribution in [2.45, 2.75) is 19.6 Å². The molecule has 4 rings (SSSR count). The van der Waals surface area contributed by atoms with Crippen molar-refractivity contribution < 1.29 is 14.2 Å². The second kappa shape index (κ2) is 6.72. The van der Waals surface area contributed by atoms with E-state index in [1.165, 1.54) is 16.8 Å². The molecule has 0 atom stereocenters. The molecule has 1 aliphatic heterocycles. The van der Waals surface area contributed by atoms with Gasteiger partial charge in [-0.05, 0) is 47.5 Å². The third kappa shape index (κ3) is 3.11. The minimum atomic E-state index is -0.369. The molecular formula is C20H17FN2O3. The van der Waals surface area contributed by atoms with E-state index < -0.39 is 0 Å². The first kappa shape index (κ1) is 16.5. The van der Waals surface area contributed by atoms with E-state index in [2.05, 4.69) is 5.10 Å². The van der Waals surface area contributed by atoms with Crippen LogP contribution in [-0.2, 0) is 19.6 Å². The van der Waals surface area contributed by atoms with Crippen LogP contribution in [0.25, 0.3) is 11.3 Å². The summed E-state index contributed by atoms with van der Waals surface area (Å²) < 4.78 is 19.9. The van der Waals surface area contributed by atoms with Crippen molar-refractivity contribution in [2.75, 3.05) is 6.61 Å². The largest absolute Gasteiger partial charge is 0.493 e. The van der Waals surface area contributed by atoms with Crippen molar-refractivity contribution in [3.05, 3.63) is 81.4 Å². The Hall–Kier alpha value is -2.99. The Morgan fingerprint density at radius 2 is 1.96 bits per heavy atom. The molecule has 0 amide bonds. The average molecular weight is 352 g/mol. The molecule has 0 radical (unpaired) electrons. The molecule has 26 heavy (non-hydrogen) atoms. The number of fused-ring (bicyclic) bond motifs is 1. The fourth-order valence-corrected chi connectivity index (χ4v) is 3.07. The maximum Gasteiger partial charge on any atom is 0.272 e. The molecule has 0 saturated heterocycles. The fourth-order valence-electron chi connectivity index (χ4n) is 3.07. The van der Waals surface area contributed by atoms with Gasteiger partial charge in [-0.2, -0.15) is 5.10 Å². The lowest BCUT2D eigenvalue weighted by atomic mass is 10.1. The number of aliphatic hydroxyl groups excluding tert-OH is 1. The molecule has 6 heteroatoms. The zero-order chi connectivity index (χ0) is 18.1. The summed E-state index contributed by atoms with van der Waals surface area (Å²) in [5, 5.41) is 14.0. The van der Waals surface area contributed by atoms with Gasteiger partial charge in [0.05, 0.1) is 25.5 Å². The molecule has 1 aromatic heterocycles. The highest BCUT2D eigenvalue weighted by Crippen LogP contribution is 2.29. The van der Waals surface area contributed by atoms with Crippen molar-refractivity contribution in [2.24, 2.45) is 0 Å². The molecule has 0 fully saturated rings. The lowest BCUT2D eigenvalue weighted by molar-refractivity contribution is 0.278. The van der Waals surface area contributed by atoms with Crippen molar-refractivity contribution in [3.63, 3.8) is 0 Å². The Bertz CT molecular complexity index is 1010. The first-order valence-corrected chi connectivity index (χ1v) is 8.36. The molecule has 0 spiro atoms. The van der Waals surface area contributed by atoms with Gasteiger partial charge in [0.25, 0.3) is 5.56 Å². The van der Waals surface area contributed by atoms with Crippen LogP contribution in [0.15, 0.2) is 53.3 Å². The van der Waals surface area contributed by atoms with Gasteiger partial charge in [-0.25, -0.2) is 9.07 Å². The zero-order valence-corrected chi connectivity index (χ0v) is 14.0. The number of hydrogen-bond acceptors (Lipinski definition) is 4. The van der Waals surface area contributed by atoms with E-state index in [9.17, 15) is 14.3 Å². The molecule has 1 aliphatic rings. The number of hydrogen-bond donors (Lipinski definition) is 1. The number of aromatic nitrogens is 2. The monoisotopic (exact) mass is 352 g/mol. The van der Waals surface area contributed by atoms with Gasteiger partial charge in [0, 0.05) is 17.5 Å². The number of rotatable bonds is 4. The minimum Gasteiger partial charge on any atom is -0.493 e. The Morgan fingerprint density at radius 1 is 1.15 bits per heavy atom. The molecule has 3 aromatic rings. The molecule has 0 aliphatic carbocycles. The molecule has 0 saturated carbocycles. The van der Waals surface area contributed by atoms with Gasteiger partial charge in [0.2, 0.25) is 0 Å². The Balaban J connectivity index is 1.76. The number of halogens is 1. The summed E-state index contributed by atoms with van der Waals surface area (Å²) in [6, 6.07) is 13.3. The predicted octanol–water partition coefficient (Wildman–Crippen LogP) is 2.52. The van der Waals surface area contributed by atoms with Crippen LogP contribution in [0.5, 0.6) is 5.75 Å². The van der Waals surface area contributed by atoms with Crippen molar-refractivity contribution >= 4 is 0 Å². The Kier molecular flexibility index (Phi) is 4.26. The molecule has 2 aromatic carbocycles. The highest BCUT2D eigenvalue weighted by Gasteiger charge is 2.15. The SMILES string of the molecule is O=c1c(CO)cc(-c2ccc3c(c2)CCO3)nn1Cc1ccc(F)cc1. The van der Waals surface area contributed by atoms with Gasteiger partial charge in [0.1, 0.15) is 11.6 Å². The maximum absolute atomic E-state index is 13.1. The van der Waals surface area contributed by atoms with E-state index in [1.807, 2.05) is 18.2 Å². The quantitative estimate of drug-likeness (QED) is 0.784. The standard InChI is InChI=1S/C20H17FN2O3/c21-17-4-1-13(2-5-17)11-23-20(25)16(12-24)10-18(22-23)14-3-6-19-15(9-14)7-8-26-19/h1-6,9-10,24H,7-8,11-12H2. The summed E-state index contributed by atoms with van der Waals surface area (Å²) in [6.45, 7) is 0.498. The van der Waals surface area contributed by atoms with Gasteiger partial charge >= 0.3 is 0 Å². The number of benzene rings is 2. The summed E-state index contributed by atoms with van der Waals surface area (Å²) in [6.07, 6.45) is 0.839. The van der Waals surface area contributed by atoms with Gasteiger partial charge in [-0.1, -0.05) is 12.1 Å². The summed E-state index contributed by atoms with van der Waals surface area (Å²) >= 11 is 0. The van der Waals surface area contributed by atoms with Crippen molar-refractivity contribution in [1.29, 1.82) is 0 Å². The summed E-state index contributed by atoms with van der Waals surface area (Å²) in [5.74, 6) is 0.537. The molecule has 132 valence electrons. The van der Waals surface area contributed by atoms with E-state index in [0.29, 0.717) is 12.3 Å². The molecule has 0 bridgehead atoms. The van der Waals surface area contributed by atoms with Crippen LogP contribution in [0.4, 0.5) is 4.39 Å². The first-order chi connectivity index (χ1) is 12.6. The highest BCUT2D eigenvalue weighted by molar-refractivity contribution is 5.62. The van der Waals surface area contributed by atoms with Crippen LogP contribution in [0, 0.1) is 5.82 Å².